The molecule has 0 spiro atoms. The molecule has 98 valence electrons. The molecule has 0 bridgehead atoms. The van der Waals surface area contributed by atoms with Gasteiger partial charge in [0.15, 0.2) is 0 Å². The van der Waals surface area contributed by atoms with Gasteiger partial charge in [0, 0.05) is 6.42 Å². The Hall–Kier alpha value is -1.27. The van der Waals surface area contributed by atoms with Crippen molar-refractivity contribution in [3.63, 3.8) is 0 Å². The molecule has 0 aliphatic carbocycles. The molecule has 0 aromatic rings. The van der Waals surface area contributed by atoms with Gasteiger partial charge in [-0.3, -0.25) is 18.7 Å². The van der Waals surface area contributed by atoms with Gasteiger partial charge in [-0.25, -0.2) is 0 Å². The van der Waals surface area contributed by atoms with Crippen LogP contribution in [0.1, 0.15) is 12.8 Å². The maximum atomic E-state index is 10.1. The van der Waals surface area contributed by atoms with Gasteiger partial charge >= 0.3 is 16.4 Å². The number of amides is 1. The van der Waals surface area contributed by atoms with Crippen LogP contribution in [0, 0.1) is 0 Å². The van der Waals surface area contributed by atoms with E-state index in [9.17, 15) is 9.59 Å². The van der Waals surface area contributed by atoms with E-state index in [-0.39, 0.29) is 19.0 Å². The molecule has 0 rings (SSSR count). The second kappa shape index (κ2) is 8.99. The number of carboxylic acid groups (broad SMARTS) is 1. The summed E-state index contributed by atoms with van der Waals surface area (Å²) in [6.45, 7) is 0. The minimum absolute atomic E-state index is 0. The van der Waals surface area contributed by atoms with Gasteiger partial charge in [-0.1, -0.05) is 0 Å². The Balaban J connectivity index is -0.000000242. The number of nitrogens with two attached hydrogens (primary N) is 2. The first-order valence-electron chi connectivity index (χ1n) is 3.50. The summed E-state index contributed by atoms with van der Waals surface area (Å²) >= 11 is 0. The molecule has 0 aromatic carbocycles. The number of hydrogen-bond acceptors (Lipinski definition) is 6. The summed E-state index contributed by atoms with van der Waals surface area (Å²) in [6, 6.07) is -0.979. The Morgan fingerprint density at radius 2 is 1.56 bits per heavy atom. The lowest BCUT2D eigenvalue weighted by molar-refractivity contribution is -0.138. The zero-order valence-electron chi connectivity index (χ0n) is 8.24. The smallest absolute Gasteiger partial charge is 0.394 e. The summed E-state index contributed by atoms with van der Waals surface area (Å²) in [5.41, 5.74) is 9.81. The minimum atomic E-state index is -4.67. The molecule has 0 unspecified atom stereocenters. The largest absolute Gasteiger partial charge is 0.480 e. The first-order valence-corrected chi connectivity index (χ1v) is 4.90. The monoisotopic (exact) mass is 261 g/mol. The molecule has 0 aliphatic rings. The Labute approximate surface area is 91.8 Å². The topological polar surface area (TPSA) is 216 Å². The second-order valence-electron chi connectivity index (χ2n) is 2.40. The molecule has 1 atom stereocenters. The summed E-state index contributed by atoms with van der Waals surface area (Å²) in [5.74, 6) is -1.64. The summed E-state index contributed by atoms with van der Waals surface area (Å²) in [4.78, 5) is 20.1. The Morgan fingerprint density at radius 1 is 1.25 bits per heavy atom. The molecule has 1 amide bonds. The number of aliphatic carboxylic acids is 1. The molecule has 10 N–H and O–H groups in total. The van der Waals surface area contributed by atoms with Crippen LogP contribution in [0.4, 0.5) is 0 Å². The maximum Gasteiger partial charge on any atom is 0.394 e. The van der Waals surface area contributed by atoms with Crippen molar-refractivity contribution in [2.45, 2.75) is 18.9 Å². The van der Waals surface area contributed by atoms with Crippen molar-refractivity contribution in [2.24, 2.45) is 11.5 Å². The van der Waals surface area contributed by atoms with Crippen molar-refractivity contribution in [2.75, 3.05) is 0 Å². The Morgan fingerprint density at radius 3 is 1.75 bits per heavy atom. The van der Waals surface area contributed by atoms with Crippen molar-refractivity contribution < 1.29 is 32.2 Å². The third-order valence-corrected chi connectivity index (χ3v) is 1.02. The van der Waals surface area contributed by atoms with Gasteiger partial charge in [-0.15, -0.1) is 0 Å². The van der Waals surface area contributed by atoms with Crippen LogP contribution in [-0.2, 0) is 20.0 Å². The average Bonchev–Trinajstić information content (AvgIpc) is 1.96. The van der Waals surface area contributed by atoms with E-state index in [0.717, 1.165) is 0 Å². The van der Waals surface area contributed by atoms with Gasteiger partial charge in [0.2, 0.25) is 5.91 Å². The fourth-order valence-corrected chi connectivity index (χ4v) is 0.421. The van der Waals surface area contributed by atoms with Gasteiger partial charge in [0.25, 0.3) is 0 Å². The number of hydrogen-bond donors (Lipinski definition) is 6. The molecule has 0 heterocycles. The summed E-state index contributed by atoms with van der Waals surface area (Å²) in [5, 5.41) is 8.22. The molecule has 10 nitrogen and oxygen atoms in total. The summed E-state index contributed by atoms with van der Waals surface area (Å²) < 4.78 is 31.6. The number of carbonyl (C=O) groups excluding carboxylic acids is 1. The fraction of sp³-hybridized carbons (Fsp3) is 0.600. The third kappa shape index (κ3) is 29.3. The zero-order valence-corrected chi connectivity index (χ0v) is 9.05. The van der Waals surface area contributed by atoms with Crippen LogP contribution < -0.4 is 17.6 Å². The summed E-state index contributed by atoms with van der Waals surface area (Å²) in [6.07, 6.45) is 0.123. The van der Waals surface area contributed by atoms with E-state index < -0.39 is 28.3 Å². The van der Waals surface area contributed by atoms with Crippen LogP contribution in [0.25, 0.3) is 0 Å². The number of primary amides is 1. The summed E-state index contributed by atoms with van der Waals surface area (Å²) in [7, 11) is -4.67. The van der Waals surface area contributed by atoms with E-state index in [1.165, 1.54) is 0 Å². The number of carbonyl (C=O) groups is 2. The number of rotatable bonds is 4. The van der Waals surface area contributed by atoms with E-state index in [2.05, 4.69) is 0 Å². The molecule has 16 heavy (non-hydrogen) atoms. The van der Waals surface area contributed by atoms with Crippen molar-refractivity contribution in [1.82, 2.24) is 6.15 Å². The van der Waals surface area contributed by atoms with Crippen LogP contribution >= 0.6 is 0 Å². The molecular formula is C5H15N3O7S. The lowest BCUT2D eigenvalue weighted by Crippen LogP contribution is -2.31. The van der Waals surface area contributed by atoms with Crippen molar-refractivity contribution in [3.8, 4) is 0 Å². The Kier molecular flexibility index (Phi) is 11.3. The van der Waals surface area contributed by atoms with Crippen molar-refractivity contribution in [1.29, 1.82) is 0 Å². The van der Waals surface area contributed by atoms with Gasteiger partial charge in [-0.05, 0) is 6.42 Å². The highest BCUT2D eigenvalue weighted by molar-refractivity contribution is 7.79. The average molecular weight is 261 g/mol. The molecule has 11 heteroatoms. The minimum Gasteiger partial charge on any atom is -0.480 e. The highest BCUT2D eigenvalue weighted by atomic mass is 32.3. The van der Waals surface area contributed by atoms with Gasteiger partial charge in [0.1, 0.15) is 6.04 Å². The molecule has 0 saturated heterocycles. The lowest BCUT2D eigenvalue weighted by atomic mass is 10.2. The van der Waals surface area contributed by atoms with Gasteiger partial charge in [-0.2, -0.15) is 8.42 Å². The third-order valence-electron chi connectivity index (χ3n) is 1.02. The molecule has 0 radical (unpaired) electrons. The van der Waals surface area contributed by atoms with Crippen LogP contribution in [0.5, 0.6) is 0 Å². The van der Waals surface area contributed by atoms with Crippen LogP contribution in [0.3, 0.4) is 0 Å². The van der Waals surface area contributed by atoms with E-state index in [0.29, 0.717) is 0 Å². The molecular weight excluding hydrogens is 246 g/mol. The second-order valence-corrected chi connectivity index (χ2v) is 3.29. The van der Waals surface area contributed by atoms with E-state index in [4.69, 9.17) is 34.1 Å². The maximum absolute atomic E-state index is 10.1. The fourth-order valence-electron chi connectivity index (χ4n) is 0.421. The van der Waals surface area contributed by atoms with Crippen LogP contribution in [0.15, 0.2) is 0 Å². The number of carboxylic acids is 1. The molecule has 0 aliphatic heterocycles. The van der Waals surface area contributed by atoms with E-state index in [1.54, 1.807) is 0 Å². The van der Waals surface area contributed by atoms with E-state index >= 15 is 0 Å². The molecule has 0 fully saturated rings. The quantitative estimate of drug-likeness (QED) is 0.313. The van der Waals surface area contributed by atoms with Crippen molar-refractivity contribution in [3.05, 3.63) is 0 Å². The zero-order chi connectivity index (χ0) is 12.6. The predicted octanol–water partition coefficient (Wildman–Crippen LogP) is -1.83. The first-order chi connectivity index (χ1) is 6.54. The van der Waals surface area contributed by atoms with Crippen molar-refractivity contribution >= 4 is 22.3 Å². The van der Waals surface area contributed by atoms with Gasteiger partial charge in [0.05, 0.1) is 0 Å². The SMILES string of the molecule is N.NC(=O)CC[C@H](N)C(=O)O.O=S(=O)(O)O. The van der Waals surface area contributed by atoms with Crippen LogP contribution in [-0.4, -0.2) is 40.5 Å². The normalized spacial score (nSPS) is 11.4. The highest BCUT2D eigenvalue weighted by Crippen LogP contribution is 1.92. The first kappa shape index (κ1) is 20.2. The lowest BCUT2D eigenvalue weighted by Gasteiger charge is -2.01. The van der Waals surface area contributed by atoms with E-state index in [1.807, 2.05) is 0 Å². The van der Waals surface area contributed by atoms with Gasteiger partial charge < -0.3 is 22.7 Å². The predicted molar refractivity (Wildman–Crippen MR) is 53.2 cm³/mol. The Bertz CT molecular complexity index is 306. The van der Waals surface area contributed by atoms with Crippen LogP contribution in [0.2, 0.25) is 0 Å². The standard InChI is InChI=1S/C5H10N2O3.H3N.H2O4S/c6-3(5(9)10)1-2-4(7)8;;1-5(2,3)4/h3H,1-2,6H2,(H2,7,8)(H,9,10);1H3;(H2,1,2,3,4)/t3-;;/m0../s1. The molecule has 0 saturated carbocycles. The molecule has 0 aromatic heterocycles. The highest BCUT2D eigenvalue weighted by Gasteiger charge is 2.11.